The van der Waals surface area contributed by atoms with Crippen LogP contribution in [0.15, 0.2) is 140 Å². The van der Waals surface area contributed by atoms with Crippen molar-refractivity contribution >= 4 is 70.4 Å². The average Bonchev–Trinajstić information content (AvgIpc) is 3.58. The summed E-state index contributed by atoms with van der Waals surface area (Å²) in [5, 5.41) is 14.8. The van der Waals surface area contributed by atoms with Crippen molar-refractivity contribution < 1.29 is 5.11 Å². The zero-order valence-corrected chi connectivity index (χ0v) is 23.1. The van der Waals surface area contributed by atoms with Gasteiger partial charge in [0.25, 0.3) is 0 Å². The minimum absolute atomic E-state index is 0.0117. The average molecular weight is 547 g/mol. The van der Waals surface area contributed by atoms with Gasteiger partial charge in [-0.05, 0) is 72.3 Å². The minimum atomic E-state index is 0.0117. The van der Waals surface area contributed by atoms with Gasteiger partial charge in [-0.2, -0.15) is 0 Å². The highest BCUT2D eigenvalue weighted by atomic mass is 32.1. The number of aromatic nitrogens is 1. The lowest BCUT2D eigenvalue weighted by Gasteiger charge is -2.26. The number of anilines is 3. The molecule has 0 aliphatic rings. The number of rotatable bonds is 5. The summed E-state index contributed by atoms with van der Waals surface area (Å²) in [5.41, 5.74) is 7.56. The Morgan fingerprint density at radius 3 is 2.17 bits per heavy atom. The SMILES string of the molecule is OCc1cccc(-n2c3ccccc3c3c(N(c4ccccc4)c4ccc5sc6ccccc6c5c4)cccc32)c1. The van der Waals surface area contributed by atoms with E-state index in [1.807, 2.05) is 23.5 Å². The molecule has 0 atom stereocenters. The van der Waals surface area contributed by atoms with E-state index < -0.39 is 0 Å². The molecule has 2 heterocycles. The van der Waals surface area contributed by atoms with Crippen molar-refractivity contribution in [2.75, 3.05) is 4.90 Å². The molecule has 196 valence electrons. The highest BCUT2D eigenvalue weighted by molar-refractivity contribution is 7.25. The summed E-state index contributed by atoms with van der Waals surface area (Å²) in [5.74, 6) is 0. The van der Waals surface area contributed by atoms with E-state index in [0.29, 0.717) is 0 Å². The summed E-state index contributed by atoms with van der Waals surface area (Å²) in [6.07, 6.45) is 0. The molecule has 0 aliphatic heterocycles. The lowest BCUT2D eigenvalue weighted by Crippen LogP contribution is -2.10. The van der Waals surface area contributed by atoms with Crippen molar-refractivity contribution in [3.05, 3.63) is 145 Å². The van der Waals surface area contributed by atoms with Gasteiger partial charge in [0.15, 0.2) is 0 Å². The van der Waals surface area contributed by atoms with Crippen LogP contribution in [0.25, 0.3) is 47.7 Å². The molecule has 0 spiro atoms. The zero-order valence-electron chi connectivity index (χ0n) is 22.2. The Kier molecular flexibility index (Phi) is 5.62. The monoisotopic (exact) mass is 546 g/mol. The van der Waals surface area contributed by atoms with E-state index in [-0.39, 0.29) is 6.61 Å². The molecular formula is C37H26N2OS. The van der Waals surface area contributed by atoms with E-state index in [0.717, 1.165) is 39.3 Å². The Morgan fingerprint density at radius 1 is 0.561 bits per heavy atom. The standard InChI is InChI=1S/C37H26N2OS/c40-24-25-10-8-13-27(22-25)39-32-16-6-4-15-30(32)37-33(17-9-18-34(37)39)38(26-11-2-1-3-12-26)28-20-21-36-31(23-28)29-14-5-7-19-35(29)41-36/h1-23,40H,24H2. The van der Waals surface area contributed by atoms with Gasteiger partial charge in [0, 0.05) is 48.0 Å². The van der Waals surface area contributed by atoms with Gasteiger partial charge in [-0.15, -0.1) is 11.3 Å². The van der Waals surface area contributed by atoms with Gasteiger partial charge in [0.1, 0.15) is 0 Å². The smallest absolute Gasteiger partial charge is 0.0682 e. The predicted octanol–water partition coefficient (Wildman–Crippen LogP) is 10.1. The normalized spacial score (nSPS) is 11.6. The summed E-state index contributed by atoms with van der Waals surface area (Å²) < 4.78 is 4.91. The van der Waals surface area contributed by atoms with E-state index in [9.17, 15) is 5.11 Å². The Morgan fingerprint density at radius 2 is 1.29 bits per heavy atom. The molecule has 0 radical (unpaired) electrons. The third kappa shape index (κ3) is 3.84. The van der Waals surface area contributed by atoms with E-state index in [1.54, 1.807) is 0 Å². The number of para-hydroxylation sites is 2. The maximum Gasteiger partial charge on any atom is 0.0682 e. The quantitative estimate of drug-likeness (QED) is 0.233. The van der Waals surface area contributed by atoms with Crippen LogP contribution in [0.3, 0.4) is 0 Å². The maximum absolute atomic E-state index is 9.87. The number of nitrogens with zero attached hydrogens (tertiary/aromatic N) is 2. The first kappa shape index (κ1) is 23.9. The minimum Gasteiger partial charge on any atom is -0.392 e. The molecule has 0 aliphatic carbocycles. The third-order valence-corrected chi connectivity index (χ3v) is 9.05. The van der Waals surface area contributed by atoms with Crippen LogP contribution in [0.1, 0.15) is 5.56 Å². The number of thiophene rings is 1. The van der Waals surface area contributed by atoms with E-state index in [2.05, 4.69) is 137 Å². The number of hydrogen-bond donors (Lipinski definition) is 1. The van der Waals surface area contributed by atoms with Crippen LogP contribution in [0.4, 0.5) is 17.1 Å². The summed E-state index contributed by atoms with van der Waals surface area (Å²) in [6.45, 7) is 0.0117. The molecule has 2 aromatic heterocycles. The summed E-state index contributed by atoms with van der Waals surface area (Å²) in [4.78, 5) is 2.38. The van der Waals surface area contributed by atoms with Gasteiger partial charge < -0.3 is 14.6 Å². The largest absolute Gasteiger partial charge is 0.392 e. The fourth-order valence-corrected chi connectivity index (χ4v) is 7.20. The summed E-state index contributed by atoms with van der Waals surface area (Å²) >= 11 is 1.84. The maximum atomic E-state index is 9.87. The fourth-order valence-electron chi connectivity index (χ4n) is 6.12. The van der Waals surface area contributed by atoms with Crippen LogP contribution in [0, 0.1) is 0 Å². The van der Waals surface area contributed by atoms with Crippen LogP contribution in [0.5, 0.6) is 0 Å². The van der Waals surface area contributed by atoms with Crippen molar-refractivity contribution in [1.82, 2.24) is 4.57 Å². The molecule has 1 N–H and O–H groups in total. The molecule has 0 saturated heterocycles. The number of benzene rings is 6. The van der Waals surface area contributed by atoms with Gasteiger partial charge >= 0.3 is 0 Å². The van der Waals surface area contributed by atoms with Gasteiger partial charge in [0.2, 0.25) is 0 Å². The molecule has 0 fully saturated rings. The second-order valence-electron chi connectivity index (χ2n) is 10.3. The first-order valence-electron chi connectivity index (χ1n) is 13.8. The molecule has 0 bridgehead atoms. The van der Waals surface area contributed by atoms with Crippen molar-refractivity contribution in [2.24, 2.45) is 0 Å². The molecule has 0 unspecified atom stereocenters. The lowest BCUT2D eigenvalue weighted by atomic mass is 10.1. The van der Waals surface area contributed by atoms with Crippen molar-refractivity contribution in [2.45, 2.75) is 6.61 Å². The number of aliphatic hydroxyl groups is 1. The molecule has 8 aromatic rings. The summed E-state index contributed by atoms with van der Waals surface area (Å²) in [6, 6.07) is 49.5. The fraction of sp³-hybridized carbons (Fsp3) is 0.0270. The second kappa shape index (κ2) is 9.63. The molecular weight excluding hydrogens is 520 g/mol. The lowest BCUT2D eigenvalue weighted by molar-refractivity contribution is 0.282. The van der Waals surface area contributed by atoms with Gasteiger partial charge in [0.05, 0.1) is 23.3 Å². The van der Waals surface area contributed by atoms with Crippen LogP contribution in [-0.4, -0.2) is 9.67 Å². The van der Waals surface area contributed by atoms with Crippen LogP contribution < -0.4 is 4.90 Å². The molecule has 41 heavy (non-hydrogen) atoms. The van der Waals surface area contributed by atoms with E-state index in [1.165, 1.54) is 30.9 Å². The molecule has 8 rings (SSSR count). The van der Waals surface area contributed by atoms with Crippen LogP contribution >= 0.6 is 11.3 Å². The topological polar surface area (TPSA) is 28.4 Å². The van der Waals surface area contributed by atoms with E-state index >= 15 is 0 Å². The number of aliphatic hydroxyl groups excluding tert-OH is 1. The molecule has 0 saturated carbocycles. The highest BCUT2D eigenvalue weighted by Gasteiger charge is 2.21. The number of hydrogen-bond acceptors (Lipinski definition) is 3. The van der Waals surface area contributed by atoms with Gasteiger partial charge in [-0.1, -0.05) is 72.8 Å². The van der Waals surface area contributed by atoms with Gasteiger partial charge in [-0.3, -0.25) is 0 Å². The molecule has 0 amide bonds. The van der Waals surface area contributed by atoms with E-state index in [4.69, 9.17) is 0 Å². The molecule has 3 nitrogen and oxygen atoms in total. The first-order chi connectivity index (χ1) is 20.3. The van der Waals surface area contributed by atoms with Crippen LogP contribution in [0.2, 0.25) is 0 Å². The summed E-state index contributed by atoms with van der Waals surface area (Å²) in [7, 11) is 0. The van der Waals surface area contributed by atoms with Crippen LogP contribution in [-0.2, 0) is 6.61 Å². The Balaban J connectivity index is 1.44. The Hall–Kier alpha value is -4.90. The van der Waals surface area contributed by atoms with Crippen molar-refractivity contribution in [3.63, 3.8) is 0 Å². The third-order valence-electron chi connectivity index (χ3n) is 7.90. The molecule has 4 heteroatoms. The first-order valence-corrected chi connectivity index (χ1v) is 14.6. The van der Waals surface area contributed by atoms with Crippen molar-refractivity contribution in [1.29, 1.82) is 0 Å². The zero-order chi connectivity index (χ0) is 27.3. The second-order valence-corrected chi connectivity index (χ2v) is 11.4. The number of fused-ring (bicyclic) bond motifs is 6. The Labute approximate surface area is 241 Å². The predicted molar refractivity (Wildman–Crippen MR) is 174 cm³/mol. The Bertz CT molecular complexity index is 2210. The molecule has 6 aromatic carbocycles. The van der Waals surface area contributed by atoms with Gasteiger partial charge in [-0.25, -0.2) is 0 Å². The highest BCUT2D eigenvalue weighted by Crippen LogP contribution is 2.45. The van der Waals surface area contributed by atoms with Crippen molar-refractivity contribution in [3.8, 4) is 5.69 Å².